The van der Waals surface area contributed by atoms with E-state index in [0.29, 0.717) is 19.3 Å². The van der Waals surface area contributed by atoms with Crippen LogP contribution in [0.15, 0.2) is 11.6 Å². The van der Waals surface area contributed by atoms with Crippen molar-refractivity contribution in [2.45, 2.75) is 211 Å². The molecule has 23 atom stereocenters. The number of carbonyl (C=O) groups is 2. The topological polar surface area (TPSA) is 312 Å². The highest BCUT2D eigenvalue weighted by Crippen LogP contribution is 2.76. The molecule has 382 valence electrons. The minimum atomic E-state index is -2.04. The maximum atomic E-state index is 13.1. The monoisotopic (exact) mass is 956 g/mol. The van der Waals surface area contributed by atoms with Crippen LogP contribution >= 0.6 is 0 Å². The van der Waals surface area contributed by atoms with Crippen LogP contribution in [0.1, 0.15) is 113 Å². The summed E-state index contributed by atoms with van der Waals surface area (Å²) in [5.41, 5.74) is -0.320. The highest BCUT2D eigenvalue weighted by atomic mass is 16.8. The quantitative estimate of drug-likeness (QED) is 0.107. The van der Waals surface area contributed by atoms with E-state index in [1.54, 1.807) is 0 Å². The minimum Gasteiger partial charge on any atom is -0.481 e. The number of hydrogen-bond donors (Lipinski definition) is 11. The van der Waals surface area contributed by atoms with Crippen molar-refractivity contribution in [3.05, 3.63) is 11.6 Å². The first kappa shape index (κ1) is 51.4. The molecule has 11 N–H and O–H groups in total. The van der Waals surface area contributed by atoms with Crippen molar-refractivity contribution >= 4 is 11.9 Å². The lowest BCUT2D eigenvalue weighted by atomic mass is 9.33. The zero-order valence-corrected chi connectivity index (χ0v) is 39.7. The van der Waals surface area contributed by atoms with Crippen LogP contribution in [0.4, 0.5) is 0 Å². The Balaban J connectivity index is 0.983. The van der Waals surface area contributed by atoms with E-state index in [0.717, 1.165) is 44.9 Å². The van der Waals surface area contributed by atoms with Gasteiger partial charge in [0.05, 0.1) is 24.7 Å². The van der Waals surface area contributed by atoms with Gasteiger partial charge in [-0.3, -0.25) is 4.79 Å². The Morgan fingerprint density at radius 1 is 0.657 bits per heavy atom. The normalized spacial score (nSPS) is 52.7. The molecule has 67 heavy (non-hydrogen) atoms. The summed E-state index contributed by atoms with van der Waals surface area (Å²) in [4.78, 5) is 25.7. The molecule has 3 aliphatic heterocycles. The fourth-order valence-electron chi connectivity index (χ4n) is 15.0. The second kappa shape index (κ2) is 18.0. The molecule has 0 aromatic heterocycles. The van der Waals surface area contributed by atoms with E-state index >= 15 is 0 Å². The molecular formula is C48H76O19. The number of rotatable bonds is 10. The van der Waals surface area contributed by atoms with Crippen LogP contribution in [0.2, 0.25) is 0 Å². The Bertz CT molecular complexity index is 1880. The predicted octanol–water partition coefficient (Wildman–Crippen LogP) is 0.799. The summed E-state index contributed by atoms with van der Waals surface area (Å²) in [5.74, 6) is -1.86. The average Bonchev–Trinajstić information content (AvgIpc) is 3.25. The number of fused-ring (bicyclic) bond motifs is 7. The lowest BCUT2D eigenvalue weighted by Gasteiger charge is -2.71. The molecule has 0 amide bonds. The van der Waals surface area contributed by atoms with Gasteiger partial charge in [0, 0.05) is 0 Å². The number of allylic oxidation sites excluding steroid dienone is 2. The molecule has 8 aliphatic rings. The van der Waals surface area contributed by atoms with Gasteiger partial charge in [-0.15, -0.1) is 0 Å². The molecule has 19 nitrogen and oxygen atoms in total. The van der Waals surface area contributed by atoms with Crippen molar-refractivity contribution in [1.82, 2.24) is 0 Å². The lowest BCUT2D eigenvalue weighted by Crippen LogP contribution is -2.67. The number of carboxylic acid groups (broad SMARTS) is 2. The summed E-state index contributed by atoms with van der Waals surface area (Å²) in [6, 6.07) is 0. The minimum absolute atomic E-state index is 0.00986. The molecule has 0 aromatic carbocycles. The first-order chi connectivity index (χ1) is 31.2. The van der Waals surface area contributed by atoms with Crippen LogP contribution in [0.5, 0.6) is 0 Å². The smallest absolute Gasteiger partial charge is 0.335 e. The molecule has 3 heterocycles. The van der Waals surface area contributed by atoms with Gasteiger partial charge in [-0.25, -0.2) is 4.79 Å². The maximum Gasteiger partial charge on any atom is 0.335 e. The molecule has 5 aliphatic carbocycles. The van der Waals surface area contributed by atoms with Gasteiger partial charge in [-0.05, 0) is 109 Å². The molecule has 0 aromatic rings. The number of carboxylic acids is 2. The Morgan fingerprint density at radius 2 is 1.27 bits per heavy atom. The highest BCUT2D eigenvalue weighted by Gasteiger charge is 2.70. The van der Waals surface area contributed by atoms with Gasteiger partial charge in [-0.2, -0.15) is 0 Å². The van der Waals surface area contributed by atoms with E-state index in [1.165, 1.54) is 5.57 Å². The molecule has 0 spiro atoms. The highest BCUT2D eigenvalue weighted by molar-refractivity contribution is 5.76. The van der Waals surface area contributed by atoms with Crippen molar-refractivity contribution in [2.24, 2.45) is 50.2 Å². The Hall–Kier alpha value is -1.92. The second-order valence-electron chi connectivity index (χ2n) is 23.6. The molecular weight excluding hydrogens is 881 g/mol. The summed E-state index contributed by atoms with van der Waals surface area (Å²) >= 11 is 0. The molecule has 3 saturated heterocycles. The van der Waals surface area contributed by atoms with E-state index in [1.807, 2.05) is 0 Å². The number of ether oxygens (including phenoxy) is 6. The zero-order chi connectivity index (χ0) is 49.1. The third-order valence-corrected chi connectivity index (χ3v) is 19.3. The van der Waals surface area contributed by atoms with E-state index in [9.17, 15) is 65.8 Å². The summed E-state index contributed by atoms with van der Waals surface area (Å²) in [7, 11) is 0. The molecule has 0 radical (unpaired) electrons. The van der Waals surface area contributed by atoms with Gasteiger partial charge in [0.25, 0.3) is 0 Å². The fourth-order valence-corrected chi connectivity index (χ4v) is 15.0. The van der Waals surface area contributed by atoms with Gasteiger partial charge >= 0.3 is 11.9 Å². The summed E-state index contributed by atoms with van der Waals surface area (Å²) in [6.45, 7) is 14.6. The SMILES string of the molecule is CC1(C)CC[C@]2(C(=O)O)CC[C@]3(C)C(=CC[C@@H]4[C@@]5(C)CCC(O[C@@H]6O[C@H](C(=O)O)[C@@H](O)[C@H](O[C@@H]7O[C@H](CO[C@@H]8O[C@H](CO)[C@@H](O)[C@H](O)[C@H]8O)[C@@H](O)[C@H](O)[C@H]7O)[C@H]6O)C(C)(C)[C@@H]5CC[C@]43C)[C@@H]2C1. The number of hydrogen-bond acceptors (Lipinski definition) is 17. The third-order valence-electron chi connectivity index (χ3n) is 19.3. The number of aliphatic carboxylic acids is 2. The van der Waals surface area contributed by atoms with Crippen molar-refractivity contribution in [3.8, 4) is 0 Å². The van der Waals surface area contributed by atoms with Gasteiger partial charge in [0.2, 0.25) is 0 Å². The summed E-state index contributed by atoms with van der Waals surface area (Å²) in [5, 5.41) is 117. The number of aliphatic hydroxyl groups is 9. The number of aliphatic hydroxyl groups excluding tert-OH is 9. The average molecular weight is 957 g/mol. The molecule has 0 bridgehead atoms. The van der Waals surface area contributed by atoms with Gasteiger partial charge in [0.1, 0.15) is 67.1 Å². The predicted molar refractivity (Wildman–Crippen MR) is 231 cm³/mol. The largest absolute Gasteiger partial charge is 0.481 e. The fraction of sp³-hybridized carbons (Fsp3) is 0.917. The zero-order valence-electron chi connectivity index (χ0n) is 39.7. The maximum absolute atomic E-state index is 13.1. The van der Waals surface area contributed by atoms with Gasteiger partial charge in [-0.1, -0.05) is 60.1 Å². The van der Waals surface area contributed by atoms with Crippen molar-refractivity contribution in [1.29, 1.82) is 0 Å². The van der Waals surface area contributed by atoms with E-state index in [-0.39, 0.29) is 39.4 Å². The Morgan fingerprint density at radius 3 is 1.91 bits per heavy atom. The van der Waals surface area contributed by atoms with Crippen LogP contribution < -0.4 is 0 Å². The Labute approximate surface area is 391 Å². The lowest BCUT2D eigenvalue weighted by molar-refractivity contribution is -0.370. The van der Waals surface area contributed by atoms with E-state index < -0.39 is 134 Å². The standard InChI is InChI=1S/C48H76O19/c1-43(2)14-16-48(42(60)61)17-15-46(6)21(22(48)18-43)8-9-26-45(5)12-11-27(44(3,4)25(45)10-13-47(26,46)7)65-41-35(57)36(34(56)37(67-41)38(58)59)66-40-33(55)31(53)29(51)24(64-40)20-62-39-32(54)30(52)28(50)23(19-49)63-39/h8,22-37,39-41,49-57H,9-20H2,1-7H3,(H,58,59)(H,60,61)/t22-,23+,24+,25-,26+,27?,28+,29+,30-,31-,32+,33+,34-,35+,36-,37-,39+,40-,41+,45-,46+,47+,48-/m0/s1. The molecule has 4 saturated carbocycles. The van der Waals surface area contributed by atoms with E-state index in [2.05, 4.69) is 54.5 Å². The second-order valence-corrected chi connectivity index (χ2v) is 23.6. The van der Waals surface area contributed by atoms with Crippen LogP contribution in [-0.2, 0) is 38.0 Å². The van der Waals surface area contributed by atoms with Crippen molar-refractivity contribution < 1.29 is 94.2 Å². The molecule has 8 rings (SSSR count). The molecule has 19 heteroatoms. The first-order valence-corrected chi connectivity index (χ1v) is 24.3. The van der Waals surface area contributed by atoms with Gasteiger partial charge in [0.15, 0.2) is 25.0 Å². The van der Waals surface area contributed by atoms with Crippen LogP contribution in [0.25, 0.3) is 0 Å². The van der Waals surface area contributed by atoms with E-state index in [4.69, 9.17) is 28.4 Å². The van der Waals surface area contributed by atoms with Crippen LogP contribution in [0, 0.1) is 50.2 Å². The third kappa shape index (κ3) is 8.15. The summed E-state index contributed by atoms with van der Waals surface area (Å²) < 4.78 is 34.9. The first-order valence-electron chi connectivity index (χ1n) is 24.3. The van der Waals surface area contributed by atoms with Gasteiger partial charge < -0.3 is 84.6 Å². The van der Waals surface area contributed by atoms with Crippen molar-refractivity contribution in [3.63, 3.8) is 0 Å². The molecule has 1 unspecified atom stereocenters. The summed E-state index contributed by atoms with van der Waals surface area (Å²) in [6.07, 6.45) is -17.1. The van der Waals surface area contributed by atoms with Crippen LogP contribution in [-0.4, -0.2) is 180 Å². The van der Waals surface area contributed by atoms with Crippen molar-refractivity contribution in [2.75, 3.05) is 13.2 Å². The molecule has 7 fully saturated rings. The Kier molecular flexibility index (Phi) is 13.8. The van der Waals surface area contributed by atoms with Crippen LogP contribution in [0.3, 0.4) is 0 Å².